The molecular weight excluding hydrogens is 324 g/mol. The summed E-state index contributed by atoms with van der Waals surface area (Å²) in [5.74, 6) is -0.0710. The molecule has 0 aliphatic rings. The van der Waals surface area contributed by atoms with E-state index in [4.69, 9.17) is 0 Å². The third-order valence-electron chi connectivity index (χ3n) is 4.44. The predicted molar refractivity (Wildman–Crippen MR) is 102 cm³/mol. The van der Waals surface area contributed by atoms with Gasteiger partial charge in [-0.1, -0.05) is 45.0 Å². The van der Waals surface area contributed by atoms with E-state index in [1.165, 1.54) is 11.9 Å². The third-order valence-corrected chi connectivity index (χ3v) is 4.44. The summed E-state index contributed by atoms with van der Waals surface area (Å²) in [5, 5.41) is 7.16. The Bertz CT molecular complexity index is 860. The van der Waals surface area contributed by atoms with Crippen molar-refractivity contribution in [3.05, 3.63) is 77.9 Å². The summed E-state index contributed by atoms with van der Waals surface area (Å²) >= 11 is 0. The molecule has 1 aromatic heterocycles. The molecule has 1 heterocycles. The molecule has 5 heteroatoms. The molecule has 0 fully saturated rings. The van der Waals surface area contributed by atoms with E-state index in [0.29, 0.717) is 5.56 Å². The third kappa shape index (κ3) is 3.99. The lowest BCUT2D eigenvalue weighted by Gasteiger charge is -2.19. The summed E-state index contributed by atoms with van der Waals surface area (Å²) < 4.78 is 1.70. The zero-order chi connectivity index (χ0) is 18.7. The molecule has 3 rings (SSSR count). The minimum absolute atomic E-state index is 0.0710. The number of carbonyl (C=O) groups excluding carboxylic acids is 1. The Balaban J connectivity index is 1.67. The Morgan fingerprint density at radius 2 is 1.69 bits per heavy atom. The van der Waals surface area contributed by atoms with Crippen LogP contribution in [0.4, 0.5) is 0 Å². The summed E-state index contributed by atoms with van der Waals surface area (Å²) in [7, 11) is 0. The van der Waals surface area contributed by atoms with Gasteiger partial charge in [0.2, 0.25) is 0 Å². The molecule has 2 aromatic carbocycles. The summed E-state index contributed by atoms with van der Waals surface area (Å²) in [6, 6.07) is 15.6. The van der Waals surface area contributed by atoms with Crippen LogP contribution in [0.2, 0.25) is 0 Å². The average Bonchev–Trinajstić information content (AvgIpc) is 3.16. The van der Waals surface area contributed by atoms with Gasteiger partial charge < -0.3 is 5.32 Å². The topological polar surface area (TPSA) is 59.8 Å². The van der Waals surface area contributed by atoms with Crippen LogP contribution in [-0.2, 0) is 5.41 Å². The number of nitrogens with zero attached hydrogens (tertiary/aromatic N) is 3. The van der Waals surface area contributed by atoms with Crippen LogP contribution in [0.3, 0.4) is 0 Å². The molecule has 3 aromatic rings. The van der Waals surface area contributed by atoms with Crippen LogP contribution in [0, 0.1) is 0 Å². The van der Waals surface area contributed by atoms with E-state index in [1.807, 2.05) is 55.5 Å². The van der Waals surface area contributed by atoms with Crippen LogP contribution in [0.5, 0.6) is 0 Å². The van der Waals surface area contributed by atoms with Crippen molar-refractivity contribution in [3.8, 4) is 5.69 Å². The zero-order valence-corrected chi connectivity index (χ0v) is 15.6. The fraction of sp³-hybridized carbons (Fsp3) is 0.286. The second-order valence-electron chi connectivity index (χ2n) is 7.45. The van der Waals surface area contributed by atoms with Gasteiger partial charge in [-0.3, -0.25) is 4.79 Å². The van der Waals surface area contributed by atoms with E-state index < -0.39 is 0 Å². The Morgan fingerprint density at radius 3 is 2.23 bits per heavy atom. The normalized spacial score (nSPS) is 12.6. The lowest BCUT2D eigenvalue weighted by atomic mass is 9.86. The maximum atomic E-state index is 12.5. The van der Waals surface area contributed by atoms with Crippen molar-refractivity contribution < 1.29 is 4.79 Å². The first kappa shape index (κ1) is 17.9. The number of nitrogens with one attached hydrogen (secondary N) is 1. The van der Waals surface area contributed by atoms with Gasteiger partial charge in [0.1, 0.15) is 12.7 Å². The van der Waals surface area contributed by atoms with Gasteiger partial charge in [-0.05, 0) is 47.7 Å². The van der Waals surface area contributed by atoms with E-state index in [1.54, 1.807) is 11.0 Å². The lowest BCUT2D eigenvalue weighted by molar-refractivity contribution is 0.0940. The van der Waals surface area contributed by atoms with Crippen LogP contribution in [-0.4, -0.2) is 20.7 Å². The molecule has 26 heavy (non-hydrogen) atoms. The number of carbonyl (C=O) groups is 1. The Kier molecular flexibility index (Phi) is 4.89. The minimum Gasteiger partial charge on any atom is -0.346 e. The zero-order valence-electron chi connectivity index (χ0n) is 15.6. The molecule has 1 unspecified atom stereocenters. The molecule has 1 amide bonds. The number of benzene rings is 2. The second kappa shape index (κ2) is 7.12. The van der Waals surface area contributed by atoms with E-state index in [0.717, 1.165) is 11.3 Å². The Hall–Kier alpha value is -2.95. The average molecular weight is 348 g/mol. The predicted octanol–water partition coefficient (Wildman–Crippen LogP) is 4.06. The maximum Gasteiger partial charge on any atom is 0.251 e. The molecule has 134 valence electrons. The molecule has 5 nitrogen and oxygen atoms in total. The molecule has 1 N–H and O–H groups in total. The largest absolute Gasteiger partial charge is 0.346 e. The smallest absolute Gasteiger partial charge is 0.251 e. The van der Waals surface area contributed by atoms with Crippen LogP contribution in [0.1, 0.15) is 55.2 Å². The number of aromatic nitrogens is 3. The van der Waals surface area contributed by atoms with Crippen LogP contribution in [0.15, 0.2) is 61.2 Å². The van der Waals surface area contributed by atoms with Crippen molar-refractivity contribution in [1.29, 1.82) is 0 Å². The van der Waals surface area contributed by atoms with Gasteiger partial charge >= 0.3 is 0 Å². The monoisotopic (exact) mass is 348 g/mol. The van der Waals surface area contributed by atoms with Crippen molar-refractivity contribution in [2.75, 3.05) is 0 Å². The lowest BCUT2D eigenvalue weighted by Crippen LogP contribution is -2.26. The van der Waals surface area contributed by atoms with Gasteiger partial charge in [0.25, 0.3) is 5.91 Å². The van der Waals surface area contributed by atoms with E-state index in [-0.39, 0.29) is 17.4 Å². The molecule has 0 radical (unpaired) electrons. The fourth-order valence-corrected chi connectivity index (χ4v) is 2.74. The van der Waals surface area contributed by atoms with Crippen molar-refractivity contribution in [1.82, 2.24) is 20.1 Å². The minimum atomic E-state index is -0.0883. The Labute approximate surface area is 154 Å². The highest BCUT2D eigenvalue weighted by Gasteiger charge is 2.15. The fourth-order valence-electron chi connectivity index (χ4n) is 2.74. The molecule has 0 bridgehead atoms. The van der Waals surface area contributed by atoms with Gasteiger partial charge in [-0.15, -0.1) is 0 Å². The van der Waals surface area contributed by atoms with Crippen molar-refractivity contribution >= 4 is 5.91 Å². The Morgan fingerprint density at radius 1 is 1.04 bits per heavy atom. The second-order valence-corrected chi connectivity index (χ2v) is 7.45. The first-order valence-corrected chi connectivity index (χ1v) is 8.71. The number of hydrogen-bond donors (Lipinski definition) is 1. The molecule has 0 saturated carbocycles. The van der Waals surface area contributed by atoms with Crippen molar-refractivity contribution in [2.45, 2.75) is 39.2 Å². The highest BCUT2D eigenvalue weighted by Crippen LogP contribution is 2.22. The van der Waals surface area contributed by atoms with Crippen molar-refractivity contribution in [3.63, 3.8) is 0 Å². The number of amides is 1. The van der Waals surface area contributed by atoms with Gasteiger partial charge in [0.05, 0.1) is 11.7 Å². The number of hydrogen-bond acceptors (Lipinski definition) is 3. The first-order chi connectivity index (χ1) is 12.3. The van der Waals surface area contributed by atoms with Crippen LogP contribution < -0.4 is 5.32 Å². The van der Waals surface area contributed by atoms with Crippen molar-refractivity contribution in [2.24, 2.45) is 0 Å². The summed E-state index contributed by atoms with van der Waals surface area (Å²) in [6.45, 7) is 8.46. The molecule has 0 saturated heterocycles. The molecular formula is C21H24N4O. The van der Waals surface area contributed by atoms with Crippen LogP contribution >= 0.6 is 0 Å². The molecule has 0 spiro atoms. The van der Waals surface area contributed by atoms with E-state index in [2.05, 4.69) is 36.2 Å². The summed E-state index contributed by atoms with van der Waals surface area (Å²) in [4.78, 5) is 16.5. The van der Waals surface area contributed by atoms with Gasteiger partial charge in [0, 0.05) is 5.56 Å². The summed E-state index contributed by atoms with van der Waals surface area (Å²) in [5.41, 5.74) is 3.93. The molecule has 1 atom stereocenters. The molecule has 0 aliphatic heterocycles. The van der Waals surface area contributed by atoms with Crippen LogP contribution in [0.25, 0.3) is 5.69 Å². The van der Waals surface area contributed by atoms with E-state index in [9.17, 15) is 4.79 Å². The van der Waals surface area contributed by atoms with Gasteiger partial charge in [-0.2, -0.15) is 5.10 Å². The van der Waals surface area contributed by atoms with Gasteiger partial charge in [-0.25, -0.2) is 9.67 Å². The van der Waals surface area contributed by atoms with E-state index >= 15 is 0 Å². The number of rotatable bonds is 4. The summed E-state index contributed by atoms with van der Waals surface area (Å²) in [6.07, 6.45) is 3.16. The highest BCUT2D eigenvalue weighted by molar-refractivity contribution is 5.94. The van der Waals surface area contributed by atoms with Gasteiger partial charge in [0.15, 0.2) is 0 Å². The first-order valence-electron chi connectivity index (χ1n) is 8.71. The standard InChI is InChI=1S/C21H24N4O/c1-15(16-7-11-19(12-8-16)25-14-22-13-23-25)24-20(26)17-5-9-18(10-6-17)21(2,3)4/h5-15H,1-4H3,(H,24,26). The highest BCUT2D eigenvalue weighted by atomic mass is 16.1. The SMILES string of the molecule is CC(NC(=O)c1ccc(C(C)(C)C)cc1)c1ccc(-n2cncn2)cc1. The quantitative estimate of drug-likeness (QED) is 0.773. The molecule has 0 aliphatic carbocycles. The maximum absolute atomic E-state index is 12.5.